The van der Waals surface area contributed by atoms with Crippen LogP contribution >= 0.6 is 23.2 Å². The third-order valence-corrected chi connectivity index (χ3v) is 1.38. The van der Waals surface area contributed by atoms with Crippen molar-refractivity contribution in [3.05, 3.63) is 0 Å². The highest BCUT2D eigenvalue weighted by molar-refractivity contribution is 7.02. The summed E-state index contributed by atoms with van der Waals surface area (Å²) in [5.41, 5.74) is 0. The molecule has 1 heterocycles. The molecule has 0 fully saturated rings. The number of amides is 2. The minimum atomic E-state index is -0.991. The first-order valence-electron chi connectivity index (χ1n) is 2.18. The number of hydrogen-bond acceptors (Lipinski definition) is 2. The van der Waals surface area contributed by atoms with Gasteiger partial charge in [0.15, 0.2) is 10.3 Å². The molecule has 1 aliphatic heterocycles. The highest BCUT2D eigenvalue weighted by atomic mass is 35.5. The maximum atomic E-state index is 10.4. The van der Waals surface area contributed by atoms with E-state index in [0.29, 0.717) is 0 Å². The van der Waals surface area contributed by atoms with Gasteiger partial charge in [-0.1, -0.05) is 23.2 Å². The third kappa shape index (κ3) is 1.22. The van der Waals surface area contributed by atoms with Gasteiger partial charge < -0.3 is 0 Å². The first-order valence-corrected chi connectivity index (χ1v) is 2.94. The lowest BCUT2D eigenvalue weighted by Crippen LogP contribution is -2.19. The fourth-order valence-electron chi connectivity index (χ4n) is 0.366. The summed E-state index contributed by atoms with van der Waals surface area (Å²) in [7, 11) is 0. The van der Waals surface area contributed by atoms with Crippen LogP contribution in [-0.4, -0.2) is 22.2 Å². The molecule has 0 N–H and O–H groups in total. The number of rotatable bonds is 0. The Hall–Kier alpha value is -0.740. The van der Waals surface area contributed by atoms with E-state index in [4.69, 9.17) is 23.2 Å². The molecule has 0 radical (unpaired) electrons. The lowest BCUT2D eigenvalue weighted by Gasteiger charge is -1.97. The van der Waals surface area contributed by atoms with Crippen LogP contribution in [0, 0.1) is 0 Å². The number of carbonyl (C=O) groups excluding carboxylic acids is 2. The summed E-state index contributed by atoms with van der Waals surface area (Å²) in [5, 5.41) is -0.488. The Morgan fingerprint density at radius 3 is 1.50 bits per heavy atom. The van der Waals surface area contributed by atoms with Crippen molar-refractivity contribution in [3.8, 4) is 0 Å². The smallest absolute Gasteiger partial charge is 0.261 e. The van der Waals surface area contributed by atoms with Crippen LogP contribution in [0.25, 0.3) is 0 Å². The summed E-state index contributed by atoms with van der Waals surface area (Å²) in [4.78, 5) is 26.9. The SMILES string of the molecule is O=C1N=C(Cl)C(Cl)=NC1=O. The van der Waals surface area contributed by atoms with E-state index in [2.05, 4.69) is 9.98 Å². The summed E-state index contributed by atoms with van der Waals surface area (Å²) < 4.78 is 0. The zero-order valence-corrected chi connectivity index (χ0v) is 5.98. The molecule has 10 heavy (non-hydrogen) atoms. The predicted octanol–water partition coefficient (Wildman–Crippen LogP) is 0.328. The Labute approximate surface area is 65.5 Å². The molecule has 0 aromatic rings. The number of halogens is 2. The fourth-order valence-corrected chi connectivity index (χ4v) is 0.604. The van der Waals surface area contributed by atoms with Crippen molar-refractivity contribution in [3.63, 3.8) is 0 Å². The fraction of sp³-hybridized carbons (Fsp3) is 0. The topological polar surface area (TPSA) is 58.9 Å². The second-order valence-electron chi connectivity index (χ2n) is 1.42. The Bertz CT molecular complexity index is 240. The molecule has 52 valence electrons. The summed E-state index contributed by atoms with van der Waals surface area (Å²) in [6.07, 6.45) is 0. The van der Waals surface area contributed by atoms with E-state index in [-0.39, 0.29) is 10.3 Å². The van der Waals surface area contributed by atoms with E-state index in [1.54, 1.807) is 0 Å². The van der Waals surface area contributed by atoms with Crippen LogP contribution in [0.4, 0.5) is 0 Å². The second-order valence-corrected chi connectivity index (χ2v) is 2.13. The molecular formula is C4Cl2N2O2. The van der Waals surface area contributed by atoms with Gasteiger partial charge in [-0.05, 0) is 0 Å². The summed E-state index contributed by atoms with van der Waals surface area (Å²) in [6, 6.07) is 0. The molecule has 1 aliphatic rings. The lowest BCUT2D eigenvalue weighted by atomic mass is 10.5. The molecule has 6 heteroatoms. The summed E-state index contributed by atoms with van der Waals surface area (Å²) in [6.45, 7) is 0. The maximum Gasteiger partial charge on any atom is 0.338 e. The van der Waals surface area contributed by atoms with Crippen molar-refractivity contribution < 1.29 is 9.59 Å². The van der Waals surface area contributed by atoms with Crippen LogP contribution in [0.5, 0.6) is 0 Å². The van der Waals surface area contributed by atoms with Crippen molar-refractivity contribution in [1.29, 1.82) is 0 Å². The van der Waals surface area contributed by atoms with E-state index in [0.717, 1.165) is 0 Å². The zero-order chi connectivity index (χ0) is 7.72. The predicted molar refractivity (Wildman–Crippen MR) is 36.6 cm³/mol. The Morgan fingerprint density at radius 2 is 1.20 bits per heavy atom. The molecule has 0 bridgehead atoms. The molecule has 0 atom stereocenters. The van der Waals surface area contributed by atoms with Gasteiger partial charge in [0.05, 0.1) is 0 Å². The molecule has 0 unspecified atom stereocenters. The Balaban J connectivity index is 3.06. The van der Waals surface area contributed by atoms with Gasteiger partial charge in [-0.15, -0.1) is 0 Å². The van der Waals surface area contributed by atoms with Gasteiger partial charge in [-0.3, -0.25) is 9.59 Å². The number of nitrogens with zero attached hydrogens (tertiary/aromatic N) is 2. The van der Waals surface area contributed by atoms with Gasteiger partial charge in [0.2, 0.25) is 0 Å². The minimum Gasteiger partial charge on any atom is -0.261 e. The standard InChI is InChI=1S/C4Cl2N2O2/c5-1-2(6)8-4(10)3(9)7-1. The van der Waals surface area contributed by atoms with Crippen LogP contribution in [0.3, 0.4) is 0 Å². The van der Waals surface area contributed by atoms with Gasteiger partial charge in [0.25, 0.3) is 0 Å². The molecule has 0 aliphatic carbocycles. The Morgan fingerprint density at radius 1 is 0.900 bits per heavy atom. The largest absolute Gasteiger partial charge is 0.338 e. The van der Waals surface area contributed by atoms with Crippen LogP contribution < -0.4 is 0 Å². The van der Waals surface area contributed by atoms with E-state index >= 15 is 0 Å². The normalized spacial score (nSPS) is 18.6. The van der Waals surface area contributed by atoms with E-state index < -0.39 is 11.8 Å². The van der Waals surface area contributed by atoms with Crippen molar-refractivity contribution in [2.24, 2.45) is 9.98 Å². The molecule has 0 aromatic heterocycles. The average Bonchev–Trinajstić information content (AvgIpc) is 1.84. The first-order chi connectivity index (χ1) is 4.61. The molecular weight excluding hydrogens is 179 g/mol. The molecule has 0 spiro atoms. The van der Waals surface area contributed by atoms with E-state index in [1.165, 1.54) is 0 Å². The highest BCUT2D eigenvalue weighted by Crippen LogP contribution is 2.03. The van der Waals surface area contributed by atoms with Crippen molar-refractivity contribution in [2.75, 3.05) is 0 Å². The molecule has 4 nitrogen and oxygen atoms in total. The van der Waals surface area contributed by atoms with Crippen LogP contribution in [0.1, 0.15) is 0 Å². The van der Waals surface area contributed by atoms with Gasteiger partial charge in [-0.2, -0.15) is 9.98 Å². The minimum absolute atomic E-state index is 0.244. The summed E-state index contributed by atoms with van der Waals surface area (Å²) in [5.74, 6) is -1.98. The maximum absolute atomic E-state index is 10.4. The molecule has 1 rings (SSSR count). The third-order valence-electron chi connectivity index (χ3n) is 0.753. The monoisotopic (exact) mass is 178 g/mol. The first kappa shape index (κ1) is 7.37. The van der Waals surface area contributed by atoms with Crippen molar-refractivity contribution in [2.45, 2.75) is 0 Å². The van der Waals surface area contributed by atoms with Crippen LogP contribution in [0.2, 0.25) is 0 Å². The number of hydrogen-bond donors (Lipinski definition) is 0. The molecule has 0 saturated carbocycles. The number of carbonyl (C=O) groups is 2. The molecule has 2 amide bonds. The zero-order valence-electron chi connectivity index (χ0n) is 4.47. The van der Waals surface area contributed by atoms with Crippen LogP contribution in [0.15, 0.2) is 9.98 Å². The second kappa shape index (κ2) is 2.48. The molecule has 0 aromatic carbocycles. The number of aliphatic imine (C=N–C) groups is 2. The molecule has 0 saturated heterocycles. The van der Waals surface area contributed by atoms with Gasteiger partial charge in [0, 0.05) is 0 Å². The van der Waals surface area contributed by atoms with Gasteiger partial charge in [0.1, 0.15) is 0 Å². The van der Waals surface area contributed by atoms with Gasteiger partial charge >= 0.3 is 11.8 Å². The highest BCUT2D eigenvalue weighted by Gasteiger charge is 2.20. The van der Waals surface area contributed by atoms with E-state index in [1.807, 2.05) is 0 Å². The van der Waals surface area contributed by atoms with E-state index in [9.17, 15) is 9.59 Å². The van der Waals surface area contributed by atoms with Crippen molar-refractivity contribution in [1.82, 2.24) is 0 Å². The quantitative estimate of drug-likeness (QED) is 0.503. The lowest BCUT2D eigenvalue weighted by molar-refractivity contribution is -0.135. The summed E-state index contributed by atoms with van der Waals surface area (Å²) >= 11 is 10.5. The Kier molecular flexibility index (Phi) is 1.82. The average molecular weight is 179 g/mol. The van der Waals surface area contributed by atoms with Gasteiger partial charge in [-0.25, -0.2) is 0 Å². The van der Waals surface area contributed by atoms with Crippen molar-refractivity contribution >= 4 is 45.4 Å². The van der Waals surface area contributed by atoms with Crippen LogP contribution in [-0.2, 0) is 9.59 Å².